The van der Waals surface area contributed by atoms with Crippen LogP contribution < -0.4 is 0 Å². The lowest BCUT2D eigenvalue weighted by atomic mass is 10.0. The maximum atomic E-state index is 11.2. The lowest BCUT2D eigenvalue weighted by Gasteiger charge is -2.31. The molecule has 1 atom stereocenters. The van der Waals surface area contributed by atoms with Gasteiger partial charge >= 0.3 is 5.97 Å². The Hall–Kier alpha value is -1.06. The van der Waals surface area contributed by atoms with Crippen molar-refractivity contribution in [3.05, 3.63) is 34.9 Å². The third-order valence-electron chi connectivity index (χ3n) is 2.19. The molecule has 82 valence electrons. The summed E-state index contributed by atoms with van der Waals surface area (Å²) in [5.41, 5.74) is 0.763. The minimum Gasteiger partial charge on any atom is -0.477 e. The van der Waals surface area contributed by atoms with Crippen LogP contribution in [0.25, 0.3) is 0 Å². The van der Waals surface area contributed by atoms with E-state index in [2.05, 4.69) is 0 Å². The molecule has 0 fully saturated rings. The average Bonchev–Trinajstić information content (AvgIpc) is 2.05. The average molecular weight is 229 g/mol. The first-order valence-electron chi connectivity index (χ1n) is 4.62. The maximum absolute atomic E-state index is 11.2. The number of halogens is 1. The fraction of sp³-hybridized carbons (Fsp3) is 0.364. The molecule has 0 saturated carbocycles. The Labute approximate surface area is 94.5 Å². The number of likely N-dealkylation sites (N-methyl/N-ethyl adjacent to an activating group) is 1. The quantitative estimate of drug-likeness (QED) is 0.806. The second kappa shape index (κ2) is 4.21. The van der Waals surface area contributed by atoms with Crippen molar-refractivity contribution in [3.8, 4) is 0 Å². The number of nitrogens with zero attached hydrogens (tertiary/aromatic N) is 1. The number of carboxylic acids is 1. The molecule has 0 saturated heterocycles. The third-order valence-corrected chi connectivity index (χ3v) is 2.45. The number of carboxylic acid groups (broad SMARTS) is 1. The van der Waals surface area contributed by atoms with Gasteiger partial charge in [-0.2, -0.15) is 0 Å². The molecule has 0 aliphatic carbocycles. The zero-order valence-electron chi connectivity index (χ0n) is 9.07. The number of rotatable bonds is 3. The SMILES string of the molecule is C[N+](C)(C)C(C(=O)O)c1ccc(Cl)cc1. The molecule has 0 aromatic heterocycles. The lowest BCUT2D eigenvalue weighted by Crippen LogP contribution is -2.43. The van der Waals surface area contributed by atoms with Crippen molar-refractivity contribution in [2.75, 3.05) is 21.1 Å². The summed E-state index contributed by atoms with van der Waals surface area (Å²) in [4.78, 5) is 11.2. The number of hydrogen-bond acceptors (Lipinski definition) is 1. The van der Waals surface area contributed by atoms with Gasteiger partial charge in [0, 0.05) is 10.6 Å². The van der Waals surface area contributed by atoms with Crippen LogP contribution in [-0.4, -0.2) is 36.7 Å². The van der Waals surface area contributed by atoms with Gasteiger partial charge in [0.05, 0.1) is 21.1 Å². The van der Waals surface area contributed by atoms with Gasteiger partial charge in [0.1, 0.15) is 0 Å². The summed E-state index contributed by atoms with van der Waals surface area (Å²) in [5, 5.41) is 9.80. The summed E-state index contributed by atoms with van der Waals surface area (Å²) < 4.78 is 0.344. The van der Waals surface area contributed by atoms with E-state index >= 15 is 0 Å². The highest BCUT2D eigenvalue weighted by molar-refractivity contribution is 6.30. The van der Waals surface area contributed by atoms with E-state index in [4.69, 9.17) is 11.6 Å². The van der Waals surface area contributed by atoms with Crippen molar-refractivity contribution in [1.29, 1.82) is 0 Å². The summed E-state index contributed by atoms with van der Waals surface area (Å²) in [7, 11) is 5.56. The fourth-order valence-electron chi connectivity index (χ4n) is 1.57. The molecule has 0 aliphatic rings. The van der Waals surface area contributed by atoms with E-state index in [1.807, 2.05) is 21.1 Å². The van der Waals surface area contributed by atoms with Gasteiger partial charge in [0.2, 0.25) is 6.04 Å². The van der Waals surface area contributed by atoms with Crippen LogP contribution >= 0.6 is 11.6 Å². The van der Waals surface area contributed by atoms with Gasteiger partial charge < -0.3 is 9.59 Å². The number of aliphatic carboxylic acids is 1. The van der Waals surface area contributed by atoms with Crippen molar-refractivity contribution in [3.63, 3.8) is 0 Å². The fourth-order valence-corrected chi connectivity index (χ4v) is 1.69. The zero-order chi connectivity index (χ0) is 11.6. The molecule has 0 radical (unpaired) electrons. The van der Waals surface area contributed by atoms with Gasteiger partial charge in [-0.15, -0.1) is 0 Å². The Morgan fingerprint density at radius 2 is 1.73 bits per heavy atom. The standard InChI is InChI=1S/C11H14ClNO2/c1-13(2,3)10(11(14)15)8-4-6-9(12)7-5-8/h4-7,10H,1-3H3/p+1. The van der Waals surface area contributed by atoms with Crippen molar-refractivity contribution in [2.45, 2.75) is 6.04 Å². The molecule has 0 amide bonds. The van der Waals surface area contributed by atoms with Gasteiger partial charge in [0.15, 0.2) is 0 Å². The Kier molecular flexibility index (Phi) is 3.37. The molecular formula is C11H15ClNO2+. The highest BCUT2D eigenvalue weighted by atomic mass is 35.5. The number of quaternary nitrogens is 1. The van der Waals surface area contributed by atoms with Crippen LogP contribution in [0.5, 0.6) is 0 Å². The van der Waals surface area contributed by atoms with Crippen LogP contribution in [0.3, 0.4) is 0 Å². The summed E-state index contributed by atoms with van der Waals surface area (Å²) in [6.07, 6.45) is 0. The van der Waals surface area contributed by atoms with Crippen LogP contribution in [0.1, 0.15) is 11.6 Å². The van der Waals surface area contributed by atoms with E-state index in [1.54, 1.807) is 24.3 Å². The molecule has 0 bridgehead atoms. The Morgan fingerprint density at radius 3 is 2.07 bits per heavy atom. The molecule has 1 rings (SSSR count). The molecule has 1 aromatic carbocycles. The third kappa shape index (κ3) is 2.94. The molecule has 1 aromatic rings. The number of benzene rings is 1. The molecule has 0 spiro atoms. The monoisotopic (exact) mass is 228 g/mol. The molecule has 4 heteroatoms. The topological polar surface area (TPSA) is 37.3 Å². The molecular weight excluding hydrogens is 214 g/mol. The Morgan fingerprint density at radius 1 is 1.27 bits per heavy atom. The van der Waals surface area contributed by atoms with E-state index in [9.17, 15) is 9.90 Å². The second-order valence-electron chi connectivity index (χ2n) is 4.41. The minimum atomic E-state index is -0.829. The van der Waals surface area contributed by atoms with Crippen molar-refractivity contribution < 1.29 is 14.4 Å². The van der Waals surface area contributed by atoms with E-state index in [0.717, 1.165) is 5.56 Å². The maximum Gasteiger partial charge on any atom is 0.367 e. The largest absolute Gasteiger partial charge is 0.477 e. The van der Waals surface area contributed by atoms with E-state index in [1.165, 1.54) is 0 Å². The van der Waals surface area contributed by atoms with Crippen LogP contribution in [0.4, 0.5) is 0 Å². The Balaban J connectivity index is 3.11. The first-order valence-corrected chi connectivity index (χ1v) is 4.99. The number of hydrogen-bond donors (Lipinski definition) is 1. The predicted molar refractivity (Wildman–Crippen MR) is 59.9 cm³/mol. The lowest BCUT2D eigenvalue weighted by molar-refractivity contribution is -0.893. The summed E-state index contributed by atoms with van der Waals surface area (Å²) in [6, 6.07) is 6.36. The molecule has 0 aliphatic heterocycles. The molecule has 15 heavy (non-hydrogen) atoms. The summed E-state index contributed by atoms with van der Waals surface area (Å²) in [6.45, 7) is 0. The van der Waals surface area contributed by atoms with E-state index in [-0.39, 0.29) is 0 Å². The predicted octanol–water partition coefficient (Wildman–Crippen LogP) is 2.17. The van der Waals surface area contributed by atoms with Crippen LogP contribution in [0, 0.1) is 0 Å². The van der Waals surface area contributed by atoms with Gasteiger partial charge in [-0.1, -0.05) is 23.7 Å². The van der Waals surface area contributed by atoms with Crippen molar-refractivity contribution >= 4 is 17.6 Å². The van der Waals surface area contributed by atoms with Crippen LogP contribution in [0.2, 0.25) is 5.02 Å². The van der Waals surface area contributed by atoms with Gasteiger partial charge in [-0.25, -0.2) is 4.79 Å². The van der Waals surface area contributed by atoms with Crippen molar-refractivity contribution in [1.82, 2.24) is 0 Å². The second-order valence-corrected chi connectivity index (χ2v) is 4.84. The summed E-state index contributed by atoms with van der Waals surface area (Å²) in [5.74, 6) is -0.829. The highest BCUT2D eigenvalue weighted by Gasteiger charge is 2.32. The smallest absolute Gasteiger partial charge is 0.367 e. The number of carbonyl (C=O) groups is 1. The molecule has 1 unspecified atom stereocenters. The molecule has 1 N–H and O–H groups in total. The van der Waals surface area contributed by atoms with Gasteiger partial charge in [-0.05, 0) is 12.1 Å². The van der Waals surface area contributed by atoms with E-state index in [0.29, 0.717) is 9.51 Å². The minimum absolute atomic E-state index is 0.344. The molecule has 0 heterocycles. The van der Waals surface area contributed by atoms with Crippen LogP contribution in [-0.2, 0) is 4.79 Å². The Bertz CT molecular complexity index is 354. The summed E-state index contributed by atoms with van der Waals surface area (Å²) >= 11 is 5.76. The van der Waals surface area contributed by atoms with E-state index < -0.39 is 12.0 Å². The zero-order valence-corrected chi connectivity index (χ0v) is 9.82. The first kappa shape index (κ1) is 12.0. The van der Waals surface area contributed by atoms with Crippen molar-refractivity contribution in [2.24, 2.45) is 0 Å². The van der Waals surface area contributed by atoms with Gasteiger partial charge in [0.25, 0.3) is 0 Å². The highest BCUT2D eigenvalue weighted by Crippen LogP contribution is 2.24. The van der Waals surface area contributed by atoms with Gasteiger partial charge in [-0.3, -0.25) is 0 Å². The molecule has 3 nitrogen and oxygen atoms in total. The normalized spacial score (nSPS) is 13.6. The van der Waals surface area contributed by atoms with Crippen LogP contribution in [0.15, 0.2) is 24.3 Å². The first-order chi connectivity index (χ1) is 6.82.